The van der Waals surface area contributed by atoms with E-state index in [0.717, 1.165) is 56.7 Å². The van der Waals surface area contributed by atoms with Gasteiger partial charge in [0, 0.05) is 61.5 Å². The lowest BCUT2D eigenvalue weighted by Gasteiger charge is -2.33. The molecule has 5 nitrogen and oxygen atoms in total. The third kappa shape index (κ3) is 4.87. The van der Waals surface area contributed by atoms with Gasteiger partial charge in [0.05, 0.1) is 0 Å². The standard InChI is InChI=1S/C28H32N4O/c1-21-17-30-27(32(21)20-22-8-3-2-4-9-22)16-23-10-7-15-31(19-23)28(33)14-13-24-18-29-26-12-6-5-11-25(24)26/h2-6,8-9,11-12,17-18,23,29H,7,10,13-16,19-20H2,1H3. The largest absolute Gasteiger partial charge is 0.361 e. The summed E-state index contributed by atoms with van der Waals surface area (Å²) in [5.74, 6) is 1.87. The molecule has 1 atom stereocenters. The fourth-order valence-corrected chi connectivity index (χ4v) is 5.11. The fourth-order valence-electron chi connectivity index (χ4n) is 5.11. The number of carbonyl (C=O) groups excluding carboxylic acids is 1. The summed E-state index contributed by atoms with van der Waals surface area (Å²) in [5.41, 5.74) is 4.85. The molecular weight excluding hydrogens is 408 g/mol. The van der Waals surface area contributed by atoms with Gasteiger partial charge >= 0.3 is 0 Å². The lowest BCUT2D eigenvalue weighted by atomic mass is 9.94. The van der Waals surface area contributed by atoms with Crippen molar-refractivity contribution in [3.63, 3.8) is 0 Å². The number of benzene rings is 2. The minimum Gasteiger partial charge on any atom is -0.361 e. The first-order chi connectivity index (χ1) is 16.2. The average molecular weight is 441 g/mol. The number of fused-ring (bicyclic) bond motifs is 1. The van der Waals surface area contributed by atoms with Crippen LogP contribution in [-0.4, -0.2) is 38.4 Å². The van der Waals surface area contributed by atoms with Gasteiger partial charge in [0.2, 0.25) is 5.91 Å². The van der Waals surface area contributed by atoms with Crippen LogP contribution in [0.1, 0.15) is 41.9 Å². The van der Waals surface area contributed by atoms with Gasteiger partial charge in [0.15, 0.2) is 0 Å². The molecule has 4 aromatic rings. The van der Waals surface area contributed by atoms with Crippen LogP contribution in [0.5, 0.6) is 0 Å². The maximum atomic E-state index is 13.0. The van der Waals surface area contributed by atoms with E-state index in [1.165, 1.54) is 22.2 Å². The van der Waals surface area contributed by atoms with Crippen molar-refractivity contribution in [1.82, 2.24) is 19.4 Å². The first kappa shape index (κ1) is 21.5. The molecule has 0 radical (unpaired) electrons. The number of aryl methyl sites for hydroxylation is 2. The van der Waals surface area contributed by atoms with Gasteiger partial charge in [0.1, 0.15) is 5.82 Å². The van der Waals surface area contributed by atoms with Crippen molar-refractivity contribution in [1.29, 1.82) is 0 Å². The van der Waals surface area contributed by atoms with Crippen LogP contribution in [0.3, 0.4) is 0 Å². The zero-order valence-electron chi connectivity index (χ0n) is 19.3. The number of aromatic amines is 1. The summed E-state index contributed by atoms with van der Waals surface area (Å²) in [7, 11) is 0. The van der Waals surface area contributed by atoms with Gasteiger partial charge in [-0.25, -0.2) is 4.98 Å². The maximum absolute atomic E-state index is 13.0. The molecule has 5 rings (SSSR count). The quantitative estimate of drug-likeness (QED) is 0.433. The van der Waals surface area contributed by atoms with Crippen LogP contribution in [-0.2, 0) is 24.2 Å². The van der Waals surface area contributed by atoms with E-state index in [1.54, 1.807) is 0 Å². The number of hydrogen-bond acceptors (Lipinski definition) is 2. The number of amides is 1. The second-order valence-corrected chi connectivity index (χ2v) is 9.30. The summed E-state index contributed by atoms with van der Waals surface area (Å²) >= 11 is 0. The highest BCUT2D eigenvalue weighted by Crippen LogP contribution is 2.24. The van der Waals surface area contributed by atoms with Crippen LogP contribution in [0.2, 0.25) is 0 Å². The molecule has 1 unspecified atom stereocenters. The van der Waals surface area contributed by atoms with Crippen molar-refractivity contribution >= 4 is 16.8 Å². The van der Waals surface area contributed by atoms with E-state index >= 15 is 0 Å². The summed E-state index contributed by atoms with van der Waals surface area (Å²) in [6, 6.07) is 18.9. The highest BCUT2D eigenvalue weighted by atomic mass is 16.2. The van der Waals surface area contributed by atoms with Crippen LogP contribution >= 0.6 is 0 Å². The van der Waals surface area contributed by atoms with Gasteiger partial charge in [-0.1, -0.05) is 48.5 Å². The van der Waals surface area contributed by atoms with Crippen LogP contribution < -0.4 is 0 Å². The zero-order valence-corrected chi connectivity index (χ0v) is 19.3. The molecule has 0 aliphatic carbocycles. The van der Waals surface area contributed by atoms with Crippen molar-refractivity contribution in [3.05, 3.63) is 89.6 Å². The van der Waals surface area contributed by atoms with Crippen molar-refractivity contribution in [2.45, 2.75) is 45.6 Å². The SMILES string of the molecule is Cc1cnc(CC2CCCN(C(=O)CCc3c[nH]c4ccccc34)C2)n1Cc1ccccc1. The molecule has 1 amide bonds. The number of H-pyrrole nitrogens is 1. The van der Waals surface area contributed by atoms with Gasteiger partial charge in [-0.15, -0.1) is 0 Å². The highest BCUT2D eigenvalue weighted by Gasteiger charge is 2.25. The Labute approximate surface area is 195 Å². The Morgan fingerprint density at radius 2 is 1.94 bits per heavy atom. The number of imidazole rings is 1. The minimum atomic E-state index is 0.272. The number of rotatable bonds is 7. The third-order valence-electron chi connectivity index (χ3n) is 6.95. The Hall–Kier alpha value is -3.34. The molecule has 2 aromatic heterocycles. The number of hydrogen-bond donors (Lipinski definition) is 1. The predicted molar refractivity (Wildman–Crippen MR) is 132 cm³/mol. The van der Waals surface area contributed by atoms with Crippen molar-refractivity contribution in [2.24, 2.45) is 5.92 Å². The Balaban J connectivity index is 1.20. The zero-order chi connectivity index (χ0) is 22.6. The first-order valence-electron chi connectivity index (χ1n) is 12.0. The van der Waals surface area contributed by atoms with E-state index in [1.807, 2.05) is 18.5 Å². The number of nitrogens with zero attached hydrogens (tertiary/aromatic N) is 3. The molecule has 5 heteroatoms. The van der Waals surface area contributed by atoms with E-state index in [4.69, 9.17) is 4.98 Å². The van der Waals surface area contributed by atoms with Crippen LogP contribution in [0.15, 0.2) is 67.0 Å². The molecule has 1 aliphatic heterocycles. The van der Waals surface area contributed by atoms with Crippen molar-refractivity contribution in [3.8, 4) is 0 Å². The summed E-state index contributed by atoms with van der Waals surface area (Å²) < 4.78 is 2.33. The van der Waals surface area contributed by atoms with E-state index in [-0.39, 0.29) is 5.91 Å². The molecule has 1 saturated heterocycles. The lowest BCUT2D eigenvalue weighted by Crippen LogP contribution is -2.40. The molecule has 0 saturated carbocycles. The number of carbonyl (C=O) groups is 1. The second-order valence-electron chi connectivity index (χ2n) is 9.30. The lowest BCUT2D eigenvalue weighted by molar-refractivity contribution is -0.133. The second kappa shape index (κ2) is 9.65. The van der Waals surface area contributed by atoms with Crippen LogP contribution in [0, 0.1) is 12.8 Å². The van der Waals surface area contributed by atoms with E-state index in [0.29, 0.717) is 12.3 Å². The average Bonchev–Trinajstić information content (AvgIpc) is 3.42. The third-order valence-corrected chi connectivity index (χ3v) is 6.95. The molecule has 170 valence electrons. The molecule has 1 aliphatic rings. The topological polar surface area (TPSA) is 53.9 Å². The number of para-hydroxylation sites is 1. The molecule has 33 heavy (non-hydrogen) atoms. The predicted octanol–water partition coefficient (Wildman–Crippen LogP) is 5.14. The molecule has 1 fully saturated rings. The number of aromatic nitrogens is 3. The fraction of sp³-hybridized carbons (Fsp3) is 0.357. The van der Waals surface area contributed by atoms with Gasteiger partial charge < -0.3 is 14.5 Å². The van der Waals surface area contributed by atoms with E-state index < -0.39 is 0 Å². The van der Waals surface area contributed by atoms with Crippen molar-refractivity contribution < 1.29 is 4.79 Å². The van der Waals surface area contributed by atoms with Gasteiger partial charge in [-0.05, 0) is 49.3 Å². The van der Waals surface area contributed by atoms with E-state index in [2.05, 4.69) is 69.9 Å². The molecule has 0 bridgehead atoms. The van der Waals surface area contributed by atoms with Gasteiger partial charge in [-0.2, -0.15) is 0 Å². The van der Waals surface area contributed by atoms with Crippen LogP contribution in [0.25, 0.3) is 10.9 Å². The van der Waals surface area contributed by atoms with Gasteiger partial charge in [0.25, 0.3) is 0 Å². The normalized spacial score (nSPS) is 16.4. The summed E-state index contributed by atoms with van der Waals surface area (Å²) in [4.78, 5) is 23.2. The van der Waals surface area contributed by atoms with Gasteiger partial charge in [-0.3, -0.25) is 4.79 Å². The molecule has 0 spiro atoms. The molecule has 2 aromatic carbocycles. The minimum absolute atomic E-state index is 0.272. The summed E-state index contributed by atoms with van der Waals surface area (Å²) in [6.07, 6.45) is 8.52. The van der Waals surface area contributed by atoms with E-state index in [9.17, 15) is 4.79 Å². The van der Waals surface area contributed by atoms with Crippen molar-refractivity contribution in [2.75, 3.05) is 13.1 Å². The molecule has 3 heterocycles. The smallest absolute Gasteiger partial charge is 0.222 e. The number of piperidine rings is 1. The number of likely N-dealkylation sites (tertiary alicyclic amines) is 1. The molecule has 1 N–H and O–H groups in total. The number of nitrogens with one attached hydrogen (secondary N) is 1. The summed E-state index contributed by atoms with van der Waals surface area (Å²) in [5, 5.41) is 1.22. The first-order valence-corrected chi connectivity index (χ1v) is 12.0. The Morgan fingerprint density at radius 3 is 2.82 bits per heavy atom. The van der Waals surface area contributed by atoms with Crippen LogP contribution in [0.4, 0.5) is 0 Å². The highest BCUT2D eigenvalue weighted by molar-refractivity contribution is 5.84. The Bertz CT molecular complexity index is 1220. The summed E-state index contributed by atoms with van der Waals surface area (Å²) in [6.45, 7) is 4.69. The Morgan fingerprint density at radius 1 is 1.12 bits per heavy atom. The molecular formula is C28H32N4O. The maximum Gasteiger partial charge on any atom is 0.222 e. The Kier molecular flexibility index (Phi) is 6.29. The monoisotopic (exact) mass is 440 g/mol.